The normalized spacial score (nSPS) is 7.28. The maximum atomic E-state index is 3.56. The Morgan fingerprint density at radius 1 is 1.00 bits per heavy atom. The summed E-state index contributed by atoms with van der Waals surface area (Å²) >= 11 is 0. The Bertz CT molecular complexity index is 168. The Morgan fingerprint density at radius 3 is 1.28 bits per heavy atom. The van der Waals surface area contributed by atoms with Crippen LogP contribution in [0.2, 0.25) is 0 Å². The summed E-state index contributed by atoms with van der Waals surface area (Å²) in [5, 5.41) is 0. The third-order valence-corrected chi connectivity index (χ3v) is 1.25. The molecule has 0 unspecified atom stereocenters. The Balaban J connectivity index is -0.0000000731. The average Bonchev–Trinajstić information content (AvgIpc) is 2.30. The van der Waals surface area contributed by atoms with Gasteiger partial charge in [-0.2, -0.15) is 0 Å². The molecule has 0 radical (unpaired) electrons. The van der Waals surface area contributed by atoms with Crippen LogP contribution in [0.15, 0.2) is 50.1 Å². The van der Waals surface area contributed by atoms with Crippen LogP contribution < -0.4 is 0 Å². The summed E-state index contributed by atoms with van der Waals surface area (Å²) in [5.74, 6) is 0.648. The number of rotatable bonds is 4. The van der Waals surface area contributed by atoms with Crippen LogP contribution in [0.3, 0.4) is 0 Å². The second-order valence-corrected chi connectivity index (χ2v) is 4.46. The van der Waals surface area contributed by atoms with Crippen LogP contribution in [0, 0.1) is 5.92 Å². The number of unbranched alkanes of at least 4 members (excludes halogenated alkanes) is 1. The lowest BCUT2D eigenvalue weighted by atomic mass is 10.2. The van der Waals surface area contributed by atoms with E-state index in [0.29, 0.717) is 5.92 Å². The summed E-state index contributed by atoms with van der Waals surface area (Å²) in [5.41, 5.74) is 1.17. The monoisotopic (exact) mass is 252 g/mol. The van der Waals surface area contributed by atoms with Gasteiger partial charge in [-0.05, 0) is 32.6 Å². The molecule has 0 aliphatic heterocycles. The lowest BCUT2D eigenvalue weighted by molar-refractivity contribution is 0.835. The smallest absolute Gasteiger partial charge is 0.0293 e. The molecule has 0 N–H and O–H groups in total. The van der Waals surface area contributed by atoms with Gasteiger partial charge in [-0.25, -0.2) is 0 Å². The molecule has 0 saturated heterocycles. The van der Waals surface area contributed by atoms with Crippen molar-refractivity contribution in [3.05, 3.63) is 50.1 Å². The van der Waals surface area contributed by atoms with E-state index in [2.05, 4.69) is 54.0 Å². The topological polar surface area (TPSA) is 0 Å². The second kappa shape index (κ2) is 29.7. The van der Waals surface area contributed by atoms with E-state index in [1.165, 1.54) is 12.0 Å². The second-order valence-electron chi connectivity index (χ2n) is 4.46. The van der Waals surface area contributed by atoms with Gasteiger partial charge in [0.1, 0.15) is 0 Å². The van der Waals surface area contributed by atoms with Gasteiger partial charge < -0.3 is 0 Å². The number of hydrogen-bond donors (Lipinski definition) is 0. The lowest BCUT2D eigenvalue weighted by Gasteiger charge is -1.84. The fourth-order valence-corrected chi connectivity index (χ4v) is 0.204. The minimum atomic E-state index is 0.648. The molecule has 0 atom stereocenters. The molecule has 0 spiro atoms. The van der Waals surface area contributed by atoms with E-state index < -0.39 is 0 Å². The zero-order chi connectivity index (χ0) is 15.4. The van der Waals surface area contributed by atoms with E-state index in [1.54, 1.807) is 0 Å². The van der Waals surface area contributed by atoms with Crippen LogP contribution in [0.1, 0.15) is 60.8 Å². The maximum absolute atomic E-state index is 3.56. The molecule has 0 nitrogen and oxygen atoms in total. The summed E-state index contributed by atoms with van der Waals surface area (Å²) in [6.07, 6.45) is 9.18. The predicted molar refractivity (Wildman–Crippen MR) is 91.1 cm³/mol. The zero-order valence-electron chi connectivity index (χ0n) is 13.8. The SMILES string of the molecule is C=C(C)C.C=CC(C)C.C=CCC.C=CCCC. The summed E-state index contributed by atoms with van der Waals surface area (Å²) in [6.45, 7) is 26.5. The summed E-state index contributed by atoms with van der Waals surface area (Å²) in [4.78, 5) is 0. The van der Waals surface area contributed by atoms with E-state index in [-0.39, 0.29) is 0 Å². The van der Waals surface area contributed by atoms with Gasteiger partial charge in [0.2, 0.25) is 0 Å². The molecule has 108 valence electrons. The van der Waals surface area contributed by atoms with Crippen molar-refractivity contribution in [3.63, 3.8) is 0 Å². The van der Waals surface area contributed by atoms with Crippen LogP contribution >= 0.6 is 0 Å². The fraction of sp³-hybridized carbons (Fsp3) is 0.556. The molecule has 0 heterocycles. The zero-order valence-corrected chi connectivity index (χ0v) is 13.8. The van der Waals surface area contributed by atoms with E-state index in [4.69, 9.17) is 0 Å². The first-order valence-electron chi connectivity index (χ1n) is 6.80. The molecule has 0 rings (SSSR count). The third-order valence-electron chi connectivity index (χ3n) is 1.25. The minimum Gasteiger partial charge on any atom is -0.103 e. The molecule has 0 aromatic rings. The highest BCUT2D eigenvalue weighted by Crippen LogP contribution is 1.87. The minimum absolute atomic E-state index is 0.648. The molecular weight excluding hydrogens is 216 g/mol. The summed E-state index contributed by atoms with van der Waals surface area (Å²) in [7, 11) is 0. The average molecular weight is 252 g/mol. The number of hydrogen-bond acceptors (Lipinski definition) is 0. The highest BCUT2D eigenvalue weighted by atomic mass is 13.8. The Hall–Kier alpha value is -1.04. The molecule has 0 heteroatoms. The maximum Gasteiger partial charge on any atom is -0.0293 e. The Morgan fingerprint density at radius 2 is 1.28 bits per heavy atom. The van der Waals surface area contributed by atoms with Crippen molar-refractivity contribution in [2.75, 3.05) is 0 Å². The first-order chi connectivity index (χ1) is 8.33. The van der Waals surface area contributed by atoms with Crippen molar-refractivity contribution in [3.8, 4) is 0 Å². The van der Waals surface area contributed by atoms with Gasteiger partial charge in [-0.1, -0.05) is 57.9 Å². The van der Waals surface area contributed by atoms with E-state index in [1.807, 2.05) is 32.1 Å². The molecule has 18 heavy (non-hydrogen) atoms. The molecule has 0 aliphatic rings. The van der Waals surface area contributed by atoms with E-state index in [0.717, 1.165) is 12.8 Å². The molecule has 0 aromatic carbocycles. The summed E-state index contributed by atoms with van der Waals surface area (Å²) in [6, 6.07) is 0. The lowest BCUT2D eigenvalue weighted by Crippen LogP contribution is -1.71. The van der Waals surface area contributed by atoms with Crippen molar-refractivity contribution >= 4 is 0 Å². The summed E-state index contributed by atoms with van der Waals surface area (Å²) < 4.78 is 0. The van der Waals surface area contributed by atoms with Gasteiger partial charge in [0, 0.05) is 0 Å². The first kappa shape index (κ1) is 25.7. The van der Waals surface area contributed by atoms with Crippen LogP contribution in [0.5, 0.6) is 0 Å². The third kappa shape index (κ3) is 186. The standard InChI is InChI=1S/2C5H10.2C4H8/c1-4-5(2)3;1-3-5-4-2;1-4(2)3;1-3-4-2/h4-5H,1H2,2-3H3;3H,1,4-5H2,2H3;1H2,2-3H3;3H,1,4H2,2H3. The molecule has 0 aromatic heterocycles. The van der Waals surface area contributed by atoms with Crippen molar-refractivity contribution in [1.82, 2.24) is 0 Å². The Labute approximate surface area is 117 Å². The van der Waals surface area contributed by atoms with Crippen molar-refractivity contribution in [1.29, 1.82) is 0 Å². The molecule has 0 bridgehead atoms. The van der Waals surface area contributed by atoms with Crippen LogP contribution in [-0.4, -0.2) is 0 Å². The van der Waals surface area contributed by atoms with Crippen molar-refractivity contribution < 1.29 is 0 Å². The van der Waals surface area contributed by atoms with Gasteiger partial charge in [0.15, 0.2) is 0 Å². The van der Waals surface area contributed by atoms with E-state index >= 15 is 0 Å². The quantitative estimate of drug-likeness (QED) is 0.474. The van der Waals surface area contributed by atoms with Gasteiger partial charge in [-0.3, -0.25) is 0 Å². The molecular formula is C18H36. The predicted octanol–water partition coefficient (Wildman–Crippen LogP) is 6.97. The van der Waals surface area contributed by atoms with Crippen molar-refractivity contribution in [2.24, 2.45) is 5.92 Å². The molecule has 0 saturated carbocycles. The van der Waals surface area contributed by atoms with E-state index in [9.17, 15) is 0 Å². The highest BCUT2D eigenvalue weighted by Gasteiger charge is 1.73. The molecule has 0 amide bonds. The van der Waals surface area contributed by atoms with Crippen LogP contribution in [-0.2, 0) is 0 Å². The highest BCUT2D eigenvalue weighted by molar-refractivity contribution is 4.78. The molecule has 0 aliphatic carbocycles. The molecule has 0 fully saturated rings. The van der Waals surface area contributed by atoms with Crippen LogP contribution in [0.25, 0.3) is 0 Å². The fourth-order valence-electron chi connectivity index (χ4n) is 0.204. The van der Waals surface area contributed by atoms with Gasteiger partial charge in [0.05, 0.1) is 0 Å². The van der Waals surface area contributed by atoms with Gasteiger partial charge in [-0.15, -0.1) is 26.3 Å². The van der Waals surface area contributed by atoms with Gasteiger partial charge >= 0.3 is 0 Å². The number of allylic oxidation sites excluding steroid dienone is 4. The van der Waals surface area contributed by atoms with Crippen molar-refractivity contribution in [2.45, 2.75) is 60.8 Å². The Kier molecular flexibility index (Phi) is 42.5. The largest absolute Gasteiger partial charge is 0.103 e. The first-order valence-corrected chi connectivity index (χ1v) is 6.80. The van der Waals surface area contributed by atoms with Crippen LogP contribution in [0.4, 0.5) is 0 Å². The van der Waals surface area contributed by atoms with Gasteiger partial charge in [0.25, 0.3) is 0 Å².